The Balaban J connectivity index is 2.30. The van der Waals surface area contributed by atoms with E-state index in [0.717, 1.165) is 6.54 Å². The second-order valence-electron chi connectivity index (χ2n) is 3.66. The van der Waals surface area contributed by atoms with E-state index in [1.54, 1.807) is 0 Å². The molecule has 18 heavy (non-hydrogen) atoms. The van der Waals surface area contributed by atoms with E-state index in [0.29, 0.717) is 23.7 Å². The molecule has 1 N–H and O–H groups in total. The van der Waals surface area contributed by atoms with Crippen molar-refractivity contribution in [1.82, 2.24) is 25.5 Å². The van der Waals surface area contributed by atoms with Gasteiger partial charge in [-0.3, -0.25) is 0 Å². The first-order chi connectivity index (χ1) is 8.74. The second-order valence-corrected chi connectivity index (χ2v) is 3.66. The Bertz CT molecular complexity index is 528. The monoisotopic (exact) mass is 251 g/mol. The van der Waals surface area contributed by atoms with Crippen LogP contribution in [0.2, 0.25) is 0 Å². The first kappa shape index (κ1) is 12.4. The number of likely N-dealkylation sites (N-methyl/N-ethyl adjacent to an activating group) is 1. The molecule has 0 saturated heterocycles. The molecule has 0 fully saturated rings. The van der Waals surface area contributed by atoms with E-state index in [1.807, 2.05) is 7.05 Å². The van der Waals surface area contributed by atoms with Crippen molar-refractivity contribution in [1.29, 1.82) is 0 Å². The first-order valence-electron chi connectivity index (χ1n) is 5.52. The highest BCUT2D eigenvalue weighted by Gasteiger charge is 2.10. The van der Waals surface area contributed by atoms with E-state index in [-0.39, 0.29) is 5.82 Å². The van der Waals surface area contributed by atoms with Crippen LogP contribution < -0.4 is 10.1 Å². The van der Waals surface area contributed by atoms with Gasteiger partial charge < -0.3 is 10.1 Å². The van der Waals surface area contributed by atoms with Crippen molar-refractivity contribution in [2.24, 2.45) is 0 Å². The summed E-state index contributed by atoms with van der Waals surface area (Å²) in [6.45, 7) is 0.756. The molecule has 0 bridgehead atoms. The highest BCUT2D eigenvalue weighted by atomic mass is 19.1. The van der Waals surface area contributed by atoms with Gasteiger partial charge in [-0.2, -0.15) is 0 Å². The van der Waals surface area contributed by atoms with Crippen LogP contribution in [0, 0.1) is 5.82 Å². The molecule has 0 aliphatic carbocycles. The molecule has 1 aromatic heterocycles. The molecule has 1 heterocycles. The van der Waals surface area contributed by atoms with E-state index in [9.17, 15) is 4.39 Å². The van der Waals surface area contributed by atoms with Crippen LogP contribution in [0.3, 0.4) is 0 Å². The summed E-state index contributed by atoms with van der Waals surface area (Å²) in [5.74, 6) is 0.713. The summed E-state index contributed by atoms with van der Waals surface area (Å²) in [6, 6.07) is 4.16. The molecular weight excluding hydrogens is 237 g/mol. The predicted molar refractivity (Wildman–Crippen MR) is 63.3 cm³/mol. The molecule has 0 aliphatic heterocycles. The maximum atomic E-state index is 13.2. The third kappa shape index (κ3) is 2.62. The molecule has 0 amide bonds. The van der Waals surface area contributed by atoms with Gasteiger partial charge in [0.2, 0.25) is 0 Å². The highest BCUT2D eigenvalue weighted by Crippen LogP contribution is 2.21. The average molecular weight is 251 g/mol. The van der Waals surface area contributed by atoms with E-state index in [4.69, 9.17) is 4.74 Å². The van der Waals surface area contributed by atoms with Crippen molar-refractivity contribution in [2.45, 2.75) is 6.42 Å². The molecule has 0 radical (unpaired) electrons. The molecule has 0 saturated carbocycles. The van der Waals surface area contributed by atoms with Crippen LogP contribution in [0.25, 0.3) is 5.69 Å². The molecule has 0 atom stereocenters. The van der Waals surface area contributed by atoms with Crippen LogP contribution in [0.5, 0.6) is 5.75 Å². The van der Waals surface area contributed by atoms with Gasteiger partial charge in [-0.1, -0.05) is 0 Å². The van der Waals surface area contributed by atoms with E-state index >= 15 is 0 Å². The molecule has 96 valence electrons. The van der Waals surface area contributed by atoms with Crippen LogP contribution in [-0.4, -0.2) is 40.9 Å². The molecule has 2 rings (SSSR count). The Morgan fingerprint density at radius 2 is 2.28 bits per heavy atom. The molecule has 2 aromatic rings. The van der Waals surface area contributed by atoms with Crippen molar-refractivity contribution in [2.75, 3.05) is 20.7 Å². The van der Waals surface area contributed by atoms with Crippen molar-refractivity contribution in [3.63, 3.8) is 0 Å². The number of hydrogen-bond acceptors (Lipinski definition) is 5. The third-order valence-electron chi connectivity index (χ3n) is 2.41. The number of nitrogens with one attached hydrogen (secondary N) is 1. The topological polar surface area (TPSA) is 64.9 Å². The standard InChI is InChI=1S/C11H14FN5O/c1-13-6-5-11-14-16-17(15-11)9-7-8(12)3-4-10(9)18-2/h3-4,7,13H,5-6H2,1-2H3. The lowest BCUT2D eigenvalue weighted by molar-refractivity contribution is 0.408. The van der Waals surface area contributed by atoms with Gasteiger partial charge in [-0.15, -0.1) is 15.0 Å². The lowest BCUT2D eigenvalue weighted by Crippen LogP contribution is -2.11. The van der Waals surface area contributed by atoms with Gasteiger partial charge in [0.15, 0.2) is 5.82 Å². The van der Waals surface area contributed by atoms with Crippen LogP contribution in [0.1, 0.15) is 5.82 Å². The quantitative estimate of drug-likeness (QED) is 0.841. The fourth-order valence-corrected chi connectivity index (χ4v) is 1.50. The van der Waals surface area contributed by atoms with Crippen molar-refractivity contribution < 1.29 is 9.13 Å². The number of aromatic nitrogens is 4. The first-order valence-corrected chi connectivity index (χ1v) is 5.52. The normalized spacial score (nSPS) is 10.6. The van der Waals surface area contributed by atoms with E-state index < -0.39 is 0 Å². The summed E-state index contributed by atoms with van der Waals surface area (Å²) in [6.07, 6.45) is 0.661. The van der Waals surface area contributed by atoms with Gasteiger partial charge in [0, 0.05) is 19.0 Å². The Kier molecular flexibility index (Phi) is 3.83. The maximum Gasteiger partial charge on any atom is 0.176 e. The van der Waals surface area contributed by atoms with Gasteiger partial charge in [-0.25, -0.2) is 4.39 Å². The molecule has 0 spiro atoms. The zero-order valence-electron chi connectivity index (χ0n) is 10.2. The second kappa shape index (κ2) is 5.54. The summed E-state index contributed by atoms with van der Waals surface area (Å²) < 4.78 is 18.4. The van der Waals surface area contributed by atoms with Gasteiger partial charge in [0.05, 0.1) is 7.11 Å². The van der Waals surface area contributed by atoms with Gasteiger partial charge in [-0.05, 0) is 24.4 Å². The van der Waals surface area contributed by atoms with Crippen molar-refractivity contribution in [3.05, 3.63) is 29.8 Å². The lowest BCUT2D eigenvalue weighted by atomic mass is 10.3. The smallest absolute Gasteiger partial charge is 0.176 e. The third-order valence-corrected chi connectivity index (χ3v) is 2.41. The zero-order valence-corrected chi connectivity index (χ0v) is 10.2. The van der Waals surface area contributed by atoms with Crippen molar-refractivity contribution in [3.8, 4) is 11.4 Å². The van der Waals surface area contributed by atoms with E-state index in [1.165, 1.54) is 30.1 Å². The van der Waals surface area contributed by atoms with Crippen LogP contribution in [0.15, 0.2) is 18.2 Å². The highest BCUT2D eigenvalue weighted by molar-refractivity contribution is 5.45. The Morgan fingerprint density at radius 3 is 3.00 bits per heavy atom. The fourth-order valence-electron chi connectivity index (χ4n) is 1.50. The lowest BCUT2D eigenvalue weighted by Gasteiger charge is -2.05. The maximum absolute atomic E-state index is 13.2. The Labute approximate surface area is 104 Å². The largest absolute Gasteiger partial charge is 0.494 e. The van der Waals surface area contributed by atoms with Crippen LogP contribution >= 0.6 is 0 Å². The average Bonchev–Trinajstić information content (AvgIpc) is 2.85. The molecule has 1 aromatic carbocycles. The fraction of sp³-hybridized carbons (Fsp3) is 0.364. The van der Waals surface area contributed by atoms with Crippen molar-refractivity contribution >= 4 is 0 Å². The number of tetrazole rings is 1. The minimum Gasteiger partial charge on any atom is -0.494 e. The summed E-state index contributed by atoms with van der Waals surface area (Å²) in [5.41, 5.74) is 0.431. The number of benzene rings is 1. The van der Waals surface area contributed by atoms with Crippen LogP contribution in [0.4, 0.5) is 4.39 Å². The predicted octanol–water partition coefficient (Wildman–Crippen LogP) is 0.572. The number of rotatable bonds is 5. The summed E-state index contributed by atoms with van der Waals surface area (Å²) in [7, 11) is 3.36. The number of hydrogen-bond donors (Lipinski definition) is 1. The zero-order chi connectivity index (χ0) is 13.0. The summed E-state index contributed by atoms with van der Waals surface area (Å²) in [5, 5.41) is 15.0. The number of methoxy groups -OCH3 is 1. The Hall–Kier alpha value is -2.02. The number of halogens is 1. The summed E-state index contributed by atoms with van der Waals surface area (Å²) in [4.78, 5) is 1.27. The minimum atomic E-state index is -0.375. The molecule has 6 nitrogen and oxygen atoms in total. The SMILES string of the molecule is CNCCc1nnn(-c2cc(F)ccc2OC)n1. The minimum absolute atomic E-state index is 0.375. The molecular formula is C11H14FN5O. The number of ether oxygens (including phenoxy) is 1. The van der Waals surface area contributed by atoms with Gasteiger partial charge >= 0.3 is 0 Å². The van der Waals surface area contributed by atoms with E-state index in [2.05, 4.69) is 20.7 Å². The van der Waals surface area contributed by atoms with Gasteiger partial charge in [0.25, 0.3) is 0 Å². The molecule has 0 unspecified atom stereocenters. The van der Waals surface area contributed by atoms with Gasteiger partial charge in [0.1, 0.15) is 17.3 Å². The number of nitrogens with zero attached hydrogens (tertiary/aromatic N) is 4. The molecule has 0 aliphatic rings. The summed E-state index contributed by atoms with van der Waals surface area (Å²) >= 11 is 0. The Morgan fingerprint density at radius 1 is 1.44 bits per heavy atom. The molecule has 7 heteroatoms. The van der Waals surface area contributed by atoms with Crippen LogP contribution in [-0.2, 0) is 6.42 Å².